The molecule has 0 amide bonds. The molecule has 13 heavy (non-hydrogen) atoms. The third-order valence-electron chi connectivity index (χ3n) is 2.81. The fraction of sp³-hybridized carbons (Fsp3) is 0.455. The number of nitrogens with zero attached hydrogens (tertiary/aromatic N) is 1. The Morgan fingerprint density at radius 2 is 2.15 bits per heavy atom. The summed E-state index contributed by atoms with van der Waals surface area (Å²) < 4.78 is 0. The van der Waals surface area contributed by atoms with Gasteiger partial charge in [0.2, 0.25) is 0 Å². The summed E-state index contributed by atoms with van der Waals surface area (Å²) >= 11 is 0. The largest absolute Gasteiger partial charge is 0.298 e. The summed E-state index contributed by atoms with van der Waals surface area (Å²) in [6.45, 7) is 5.96. The zero-order chi connectivity index (χ0) is 9.64. The number of hydrogen-bond donors (Lipinski definition) is 0. The van der Waals surface area contributed by atoms with Gasteiger partial charge in [0.05, 0.1) is 11.1 Å². The molecule has 68 valence electrons. The lowest BCUT2D eigenvalue weighted by molar-refractivity contribution is -0.121. The van der Waals surface area contributed by atoms with E-state index in [4.69, 9.17) is 0 Å². The van der Waals surface area contributed by atoms with Crippen LogP contribution in [0.1, 0.15) is 30.7 Å². The number of ketones is 1. The van der Waals surface area contributed by atoms with Gasteiger partial charge in [-0.05, 0) is 31.9 Å². The smallest absolute Gasteiger partial charge is 0.148 e. The van der Waals surface area contributed by atoms with Gasteiger partial charge in [0.1, 0.15) is 5.78 Å². The predicted molar refractivity (Wildman–Crippen MR) is 50.7 cm³/mol. The Morgan fingerprint density at radius 3 is 2.85 bits per heavy atom. The fourth-order valence-electron chi connectivity index (χ4n) is 1.80. The van der Waals surface area contributed by atoms with E-state index >= 15 is 0 Å². The zero-order valence-electron chi connectivity index (χ0n) is 8.22. The first-order valence-electron chi connectivity index (χ1n) is 4.51. The van der Waals surface area contributed by atoms with Gasteiger partial charge in [-0.25, -0.2) is 0 Å². The highest BCUT2D eigenvalue weighted by molar-refractivity contribution is 5.95. The summed E-state index contributed by atoms with van der Waals surface area (Å²) in [6, 6.07) is 2.08. The van der Waals surface area contributed by atoms with Crippen LogP contribution in [-0.2, 0) is 16.6 Å². The highest BCUT2D eigenvalue weighted by Gasteiger charge is 2.38. The SMILES string of the molecule is Cc1cnc2c(c1)C(C)(C)C(=O)C2. The minimum atomic E-state index is -0.325. The summed E-state index contributed by atoms with van der Waals surface area (Å²) in [5, 5.41) is 0. The molecule has 0 N–H and O–H groups in total. The number of hydrogen-bond acceptors (Lipinski definition) is 2. The number of pyridine rings is 1. The molecule has 1 heterocycles. The number of aromatic nitrogens is 1. The molecule has 1 aromatic heterocycles. The molecular formula is C11H13NO. The molecule has 2 heteroatoms. The van der Waals surface area contributed by atoms with Gasteiger partial charge in [-0.1, -0.05) is 6.07 Å². The first-order valence-corrected chi connectivity index (χ1v) is 4.51. The van der Waals surface area contributed by atoms with Gasteiger partial charge in [0, 0.05) is 12.6 Å². The maximum Gasteiger partial charge on any atom is 0.148 e. The second-order valence-electron chi connectivity index (χ2n) is 4.23. The molecule has 2 nitrogen and oxygen atoms in total. The third kappa shape index (κ3) is 1.09. The summed E-state index contributed by atoms with van der Waals surface area (Å²) in [4.78, 5) is 15.9. The van der Waals surface area contributed by atoms with Gasteiger partial charge < -0.3 is 0 Å². The van der Waals surface area contributed by atoms with Gasteiger partial charge >= 0.3 is 0 Å². The van der Waals surface area contributed by atoms with Crippen molar-refractivity contribution in [3.05, 3.63) is 29.1 Å². The van der Waals surface area contributed by atoms with Gasteiger partial charge in [-0.3, -0.25) is 9.78 Å². The lowest BCUT2D eigenvalue weighted by Gasteiger charge is -2.16. The first kappa shape index (κ1) is 8.42. The van der Waals surface area contributed by atoms with Crippen LogP contribution in [0.15, 0.2) is 12.3 Å². The predicted octanol–water partition coefficient (Wildman–Crippen LogP) is 1.79. The summed E-state index contributed by atoms with van der Waals surface area (Å²) in [5.74, 6) is 0.278. The van der Waals surface area contributed by atoms with E-state index in [0.717, 1.165) is 16.8 Å². The molecule has 0 spiro atoms. The molecular weight excluding hydrogens is 162 g/mol. The minimum absolute atomic E-state index is 0.278. The van der Waals surface area contributed by atoms with Crippen LogP contribution in [0.25, 0.3) is 0 Å². The Bertz CT molecular complexity index is 380. The van der Waals surface area contributed by atoms with Crippen molar-refractivity contribution in [3.8, 4) is 0 Å². The zero-order valence-corrected chi connectivity index (χ0v) is 8.22. The molecule has 1 aromatic rings. The molecule has 0 saturated heterocycles. The number of aryl methyl sites for hydroxylation is 1. The number of fused-ring (bicyclic) bond motifs is 1. The van der Waals surface area contributed by atoms with Crippen molar-refractivity contribution in [3.63, 3.8) is 0 Å². The summed E-state index contributed by atoms with van der Waals surface area (Å²) in [6.07, 6.45) is 2.33. The van der Waals surface area contributed by atoms with E-state index in [1.165, 1.54) is 0 Å². The van der Waals surface area contributed by atoms with Crippen LogP contribution in [-0.4, -0.2) is 10.8 Å². The van der Waals surface area contributed by atoms with E-state index in [1.54, 1.807) is 0 Å². The average Bonchev–Trinajstić information content (AvgIpc) is 2.27. The monoisotopic (exact) mass is 175 g/mol. The number of Topliss-reactive ketones (excluding diaryl/α,β-unsaturated/α-hetero) is 1. The number of rotatable bonds is 0. The second-order valence-corrected chi connectivity index (χ2v) is 4.23. The van der Waals surface area contributed by atoms with E-state index in [9.17, 15) is 4.79 Å². The van der Waals surface area contributed by atoms with E-state index in [1.807, 2.05) is 27.0 Å². The minimum Gasteiger partial charge on any atom is -0.298 e. The van der Waals surface area contributed by atoms with Gasteiger partial charge in [-0.15, -0.1) is 0 Å². The molecule has 1 aliphatic rings. The van der Waals surface area contributed by atoms with E-state index in [2.05, 4.69) is 11.1 Å². The maximum absolute atomic E-state index is 11.6. The van der Waals surface area contributed by atoms with Crippen molar-refractivity contribution in [2.75, 3.05) is 0 Å². The van der Waals surface area contributed by atoms with Crippen LogP contribution in [0.5, 0.6) is 0 Å². The summed E-state index contributed by atoms with van der Waals surface area (Å²) in [7, 11) is 0. The van der Waals surface area contributed by atoms with Crippen LogP contribution in [0.4, 0.5) is 0 Å². The molecule has 0 atom stereocenters. The fourth-order valence-corrected chi connectivity index (χ4v) is 1.80. The maximum atomic E-state index is 11.6. The van der Waals surface area contributed by atoms with E-state index in [-0.39, 0.29) is 11.2 Å². The Labute approximate surface area is 78.0 Å². The molecule has 0 saturated carbocycles. The van der Waals surface area contributed by atoms with E-state index < -0.39 is 0 Å². The van der Waals surface area contributed by atoms with Crippen LogP contribution < -0.4 is 0 Å². The molecule has 0 bridgehead atoms. The van der Waals surface area contributed by atoms with Crippen LogP contribution in [0.3, 0.4) is 0 Å². The molecule has 2 rings (SSSR count). The van der Waals surface area contributed by atoms with Gasteiger partial charge in [0.25, 0.3) is 0 Å². The Morgan fingerprint density at radius 1 is 1.46 bits per heavy atom. The van der Waals surface area contributed by atoms with Gasteiger partial charge in [-0.2, -0.15) is 0 Å². The van der Waals surface area contributed by atoms with Crippen molar-refractivity contribution in [1.29, 1.82) is 0 Å². The molecule has 0 unspecified atom stereocenters. The van der Waals surface area contributed by atoms with Crippen molar-refractivity contribution in [2.45, 2.75) is 32.6 Å². The quantitative estimate of drug-likeness (QED) is 0.601. The highest BCUT2D eigenvalue weighted by atomic mass is 16.1. The average molecular weight is 175 g/mol. The van der Waals surface area contributed by atoms with Crippen molar-refractivity contribution in [2.24, 2.45) is 0 Å². The lowest BCUT2D eigenvalue weighted by Crippen LogP contribution is -2.23. The molecule has 0 aromatic carbocycles. The van der Waals surface area contributed by atoms with E-state index in [0.29, 0.717) is 6.42 Å². The highest BCUT2D eigenvalue weighted by Crippen LogP contribution is 2.34. The van der Waals surface area contributed by atoms with Crippen LogP contribution in [0, 0.1) is 6.92 Å². The van der Waals surface area contributed by atoms with Crippen molar-refractivity contribution in [1.82, 2.24) is 4.98 Å². The molecule has 1 aliphatic carbocycles. The first-order chi connectivity index (χ1) is 6.01. The van der Waals surface area contributed by atoms with Crippen molar-refractivity contribution < 1.29 is 4.79 Å². The molecule has 0 aliphatic heterocycles. The molecule has 0 fully saturated rings. The Balaban J connectivity index is 2.64. The number of carbonyl (C=O) groups excluding carboxylic acids is 1. The standard InChI is InChI=1S/C11H13NO/c1-7-4-8-9(12-6-7)5-10(13)11(8,2)3/h4,6H,5H2,1-3H3. The molecule has 0 radical (unpaired) electrons. The third-order valence-corrected chi connectivity index (χ3v) is 2.81. The van der Waals surface area contributed by atoms with Gasteiger partial charge in [0.15, 0.2) is 0 Å². The second kappa shape index (κ2) is 2.41. The van der Waals surface area contributed by atoms with Crippen molar-refractivity contribution >= 4 is 5.78 Å². The Kier molecular flexibility index (Phi) is 1.56. The van der Waals surface area contributed by atoms with Crippen LogP contribution >= 0.6 is 0 Å². The topological polar surface area (TPSA) is 30.0 Å². The summed E-state index contributed by atoms with van der Waals surface area (Å²) in [5.41, 5.74) is 2.87. The number of carbonyl (C=O) groups is 1. The van der Waals surface area contributed by atoms with Crippen LogP contribution in [0.2, 0.25) is 0 Å². The lowest BCUT2D eigenvalue weighted by atomic mass is 9.86. The normalized spacial score (nSPS) is 18.8. The Hall–Kier alpha value is -1.18.